The van der Waals surface area contributed by atoms with Crippen LogP contribution in [0.1, 0.15) is 21.5 Å². The van der Waals surface area contributed by atoms with E-state index in [4.69, 9.17) is 6.42 Å². The van der Waals surface area contributed by atoms with E-state index in [1.807, 2.05) is 13.0 Å². The summed E-state index contributed by atoms with van der Waals surface area (Å²) in [5.41, 5.74) is 2.37. The van der Waals surface area contributed by atoms with Gasteiger partial charge >= 0.3 is 0 Å². The van der Waals surface area contributed by atoms with Crippen molar-refractivity contribution in [3.8, 4) is 12.3 Å². The van der Waals surface area contributed by atoms with E-state index in [0.29, 0.717) is 5.56 Å². The second-order valence-electron chi connectivity index (χ2n) is 2.75. The van der Waals surface area contributed by atoms with Crippen molar-refractivity contribution in [3.05, 3.63) is 34.9 Å². The van der Waals surface area contributed by atoms with Gasteiger partial charge in [0.15, 0.2) is 0 Å². The van der Waals surface area contributed by atoms with Gasteiger partial charge in [-0.1, -0.05) is 12.0 Å². The minimum absolute atomic E-state index is 0.114. The van der Waals surface area contributed by atoms with Crippen molar-refractivity contribution in [2.24, 2.45) is 0 Å². The summed E-state index contributed by atoms with van der Waals surface area (Å²) in [5.74, 6) is 2.42. The third-order valence-electron chi connectivity index (χ3n) is 1.88. The monoisotopic (exact) mass is 171 g/mol. The first kappa shape index (κ1) is 9.40. The van der Waals surface area contributed by atoms with Crippen LogP contribution in [-0.4, -0.2) is 13.9 Å². The van der Waals surface area contributed by atoms with Gasteiger partial charge in [0, 0.05) is 11.1 Å². The van der Waals surface area contributed by atoms with E-state index >= 15 is 0 Å². The molecule has 0 saturated carbocycles. The SMILES string of the molecule is BNC(=O)c1ccc(C)c(C#C)c1. The molecule has 1 rings (SSSR count). The summed E-state index contributed by atoms with van der Waals surface area (Å²) >= 11 is 0. The van der Waals surface area contributed by atoms with Gasteiger partial charge in [0.2, 0.25) is 13.9 Å². The van der Waals surface area contributed by atoms with Gasteiger partial charge in [-0.3, -0.25) is 4.79 Å². The first-order valence-electron chi connectivity index (χ1n) is 3.98. The van der Waals surface area contributed by atoms with Gasteiger partial charge in [-0.25, -0.2) is 0 Å². The maximum atomic E-state index is 11.2. The standard InChI is InChI=1S/C10H10BNO/c1-3-8-6-9(10(13)12-11)5-4-7(8)2/h1,4-6H,11H2,2H3,(H,12,13). The molecule has 0 saturated heterocycles. The first-order chi connectivity index (χ1) is 6.19. The van der Waals surface area contributed by atoms with E-state index in [9.17, 15) is 4.79 Å². The predicted molar refractivity (Wildman–Crippen MR) is 55.1 cm³/mol. The van der Waals surface area contributed by atoms with Crippen LogP contribution in [-0.2, 0) is 0 Å². The highest BCUT2D eigenvalue weighted by Crippen LogP contribution is 2.09. The highest BCUT2D eigenvalue weighted by atomic mass is 16.1. The molecule has 1 N–H and O–H groups in total. The van der Waals surface area contributed by atoms with Gasteiger partial charge < -0.3 is 5.23 Å². The Morgan fingerprint density at radius 3 is 2.85 bits per heavy atom. The van der Waals surface area contributed by atoms with Crippen LogP contribution in [0.3, 0.4) is 0 Å². The number of benzene rings is 1. The van der Waals surface area contributed by atoms with Crippen LogP contribution in [0.4, 0.5) is 0 Å². The first-order valence-corrected chi connectivity index (χ1v) is 3.98. The minimum atomic E-state index is -0.114. The second-order valence-corrected chi connectivity index (χ2v) is 2.75. The molecule has 1 aromatic carbocycles. The normalized spacial score (nSPS) is 8.92. The third kappa shape index (κ3) is 1.91. The number of carbonyl (C=O) groups excluding carboxylic acids is 1. The smallest absolute Gasteiger partial charge is 0.238 e. The number of rotatable bonds is 1. The number of nitrogens with one attached hydrogen (secondary N) is 1. The molecule has 13 heavy (non-hydrogen) atoms. The molecule has 64 valence electrons. The second kappa shape index (κ2) is 3.82. The Kier molecular flexibility index (Phi) is 2.76. The van der Waals surface area contributed by atoms with Gasteiger partial charge in [-0.2, -0.15) is 0 Å². The lowest BCUT2D eigenvalue weighted by atomic mass is 10.0. The van der Waals surface area contributed by atoms with E-state index in [1.54, 1.807) is 20.1 Å². The summed E-state index contributed by atoms with van der Waals surface area (Å²) in [4.78, 5) is 11.2. The van der Waals surface area contributed by atoms with E-state index < -0.39 is 0 Å². The third-order valence-corrected chi connectivity index (χ3v) is 1.88. The topological polar surface area (TPSA) is 29.1 Å². The van der Waals surface area contributed by atoms with Gasteiger partial charge in [0.25, 0.3) is 0 Å². The Morgan fingerprint density at radius 2 is 2.31 bits per heavy atom. The number of terminal acetylenes is 1. The molecule has 3 heteroatoms. The van der Waals surface area contributed by atoms with Crippen molar-refractivity contribution in [1.82, 2.24) is 5.23 Å². The molecule has 2 nitrogen and oxygen atoms in total. The van der Waals surface area contributed by atoms with E-state index in [0.717, 1.165) is 11.1 Å². The van der Waals surface area contributed by atoms with Crippen LogP contribution in [0.25, 0.3) is 0 Å². The molecule has 0 aliphatic heterocycles. The van der Waals surface area contributed by atoms with Crippen LogP contribution in [0.5, 0.6) is 0 Å². The highest BCUT2D eigenvalue weighted by Gasteiger charge is 2.03. The van der Waals surface area contributed by atoms with Gasteiger partial charge in [-0.15, -0.1) is 6.42 Å². The van der Waals surface area contributed by atoms with Gasteiger partial charge in [0.05, 0.1) is 0 Å². The van der Waals surface area contributed by atoms with Crippen molar-refractivity contribution in [2.45, 2.75) is 6.92 Å². The molecule has 0 radical (unpaired) electrons. The summed E-state index contributed by atoms with van der Waals surface area (Å²) in [6.45, 7) is 1.92. The fraction of sp³-hybridized carbons (Fsp3) is 0.100. The zero-order valence-electron chi connectivity index (χ0n) is 7.72. The zero-order valence-corrected chi connectivity index (χ0v) is 7.72. The molecule has 0 unspecified atom stereocenters. The lowest BCUT2D eigenvalue weighted by molar-refractivity contribution is 0.0981. The zero-order chi connectivity index (χ0) is 9.84. The molecule has 0 heterocycles. The van der Waals surface area contributed by atoms with E-state index in [1.165, 1.54) is 0 Å². The fourth-order valence-corrected chi connectivity index (χ4v) is 1.06. The molecule has 1 aromatic rings. The number of amides is 1. The van der Waals surface area contributed by atoms with E-state index in [-0.39, 0.29) is 5.91 Å². The molecule has 0 spiro atoms. The molecular formula is C10H10BNO. The molecule has 0 aliphatic carbocycles. The Labute approximate surface area is 78.8 Å². The Morgan fingerprint density at radius 1 is 1.62 bits per heavy atom. The van der Waals surface area contributed by atoms with Gasteiger partial charge in [0.1, 0.15) is 0 Å². The van der Waals surface area contributed by atoms with Crippen LogP contribution in [0.15, 0.2) is 18.2 Å². The molecular weight excluding hydrogens is 161 g/mol. The highest BCUT2D eigenvalue weighted by molar-refractivity contribution is 6.18. The number of carbonyl (C=O) groups is 1. The number of aryl methyl sites for hydroxylation is 1. The summed E-state index contributed by atoms with van der Waals surface area (Å²) in [6.07, 6.45) is 5.28. The Bertz CT molecular complexity index is 379. The van der Waals surface area contributed by atoms with Crippen molar-refractivity contribution in [1.29, 1.82) is 0 Å². The summed E-state index contributed by atoms with van der Waals surface area (Å²) in [7, 11) is 1.59. The minimum Gasteiger partial charge on any atom is -0.402 e. The van der Waals surface area contributed by atoms with E-state index in [2.05, 4.69) is 11.1 Å². The Hall–Kier alpha value is -1.69. The summed E-state index contributed by atoms with van der Waals surface area (Å²) < 4.78 is 0. The van der Waals surface area contributed by atoms with Crippen molar-refractivity contribution in [2.75, 3.05) is 0 Å². The maximum absolute atomic E-state index is 11.2. The molecule has 0 fully saturated rings. The molecule has 0 aromatic heterocycles. The van der Waals surface area contributed by atoms with Crippen LogP contribution in [0.2, 0.25) is 0 Å². The van der Waals surface area contributed by atoms with Crippen molar-refractivity contribution < 1.29 is 4.79 Å². The van der Waals surface area contributed by atoms with Crippen molar-refractivity contribution >= 4 is 13.9 Å². The number of hydrogen-bond donors (Lipinski definition) is 1. The predicted octanol–water partition coefficient (Wildman–Crippen LogP) is 0.254. The summed E-state index contributed by atoms with van der Waals surface area (Å²) in [5, 5.41) is 2.54. The molecule has 0 atom stereocenters. The summed E-state index contributed by atoms with van der Waals surface area (Å²) in [6, 6.07) is 5.32. The average molecular weight is 171 g/mol. The lowest BCUT2D eigenvalue weighted by Gasteiger charge is -2.02. The van der Waals surface area contributed by atoms with Crippen LogP contribution < -0.4 is 5.23 Å². The van der Waals surface area contributed by atoms with Crippen LogP contribution in [0, 0.1) is 19.3 Å². The molecule has 0 aliphatic rings. The lowest BCUT2D eigenvalue weighted by Crippen LogP contribution is -2.19. The fourth-order valence-electron chi connectivity index (χ4n) is 1.06. The average Bonchev–Trinajstić information content (AvgIpc) is 2.17. The molecule has 0 bridgehead atoms. The molecule has 1 amide bonds. The maximum Gasteiger partial charge on any atom is 0.238 e. The van der Waals surface area contributed by atoms with Crippen LogP contribution >= 0.6 is 0 Å². The largest absolute Gasteiger partial charge is 0.402 e. The quantitative estimate of drug-likeness (QED) is 0.476. The van der Waals surface area contributed by atoms with Crippen molar-refractivity contribution in [3.63, 3.8) is 0 Å². The number of hydrogen-bond acceptors (Lipinski definition) is 1. The Balaban J connectivity index is 3.15. The van der Waals surface area contributed by atoms with Gasteiger partial charge in [-0.05, 0) is 24.6 Å².